The number of benzene rings is 1. The minimum absolute atomic E-state index is 0.0628. The largest absolute Gasteiger partial charge is 0.433 e. The summed E-state index contributed by atoms with van der Waals surface area (Å²) in [7, 11) is 0. The Morgan fingerprint density at radius 2 is 2.09 bits per heavy atom. The van der Waals surface area contributed by atoms with Gasteiger partial charge in [-0.05, 0) is 32.4 Å². The number of nitrogens with one attached hydrogen (secondary N) is 1. The molecule has 1 saturated heterocycles. The van der Waals surface area contributed by atoms with Gasteiger partial charge in [0.2, 0.25) is 11.8 Å². The molecule has 1 heterocycles. The molecule has 2 amide bonds. The lowest BCUT2D eigenvalue weighted by atomic mass is 10.2. The van der Waals surface area contributed by atoms with Gasteiger partial charge in [0.15, 0.2) is 0 Å². The van der Waals surface area contributed by atoms with E-state index in [2.05, 4.69) is 10.1 Å². The Labute approximate surface area is 132 Å². The third kappa shape index (κ3) is 4.28. The minimum atomic E-state index is -2.97. The van der Waals surface area contributed by atoms with Crippen molar-refractivity contribution in [1.82, 2.24) is 5.32 Å². The molecule has 1 aromatic carbocycles. The van der Waals surface area contributed by atoms with Crippen molar-refractivity contribution in [2.45, 2.75) is 32.9 Å². The summed E-state index contributed by atoms with van der Waals surface area (Å²) in [5, 5.41) is 2.62. The first-order valence-corrected chi connectivity index (χ1v) is 7.19. The molecule has 7 heteroatoms. The molecule has 0 spiro atoms. The van der Waals surface area contributed by atoms with Gasteiger partial charge in [-0.2, -0.15) is 8.78 Å². The number of alkyl halides is 2. The third-order valence-corrected chi connectivity index (χ3v) is 3.31. The van der Waals surface area contributed by atoms with Gasteiger partial charge in [-0.1, -0.05) is 17.7 Å². The van der Waals surface area contributed by atoms with E-state index >= 15 is 0 Å². The standard InChI is InChI=1S/C16H18F2N2O3/c1-10(2)9-14(21)19-11-7-8-20(15(11)22)12-5-3-4-6-13(12)23-16(17)18/h3-6,9,11,16H,7-8H2,1-2H3,(H,19,21). The van der Waals surface area contributed by atoms with E-state index in [0.29, 0.717) is 13.0 Å². The van der Waals surface area contributed by atoms with Gasteiger partial charge in [0.05, 0.1) is 5.69 Å². The van der Waals surface area contributed by atoms with E-state index < -0.39 is 12.7 Å². The summed E-state index contributed by atoms with van der Waals surface area (Å²) >= 11 is 0. The summed E-state index contributed by atoms with van der Waals surface area (Å²) in [6.07, 6.45) is 1.81. The predicted octanol–water partition coefficient (Wildman–Crippen LogP) is 2.48. The summed E-state index contributed by atoms with van der Waals surface area (Å²) in [5.41, 5.74) is 1.09. The molecular weight excluding hydrogens is 306 g/mol. The summed E-state index contributed by atoms with van der Waals surface area (Å²) in [4.78, 5) is 25.5. The number of carbonyl (C=O) groups is 2. The minimum Gasteiger partial charge on any atom is -0.433 e. The van der Waals surface area contributed by atoms with Crippen LogP contribution in [0.1, 0.15) is 20.3 Å². The lowest BCUT2D eigenvalue weighted by molar-refractivity contribution is -0.123. The highest BCUT2D eigenvalue weighted by molar-refractivity contribution is 6.03. The van der Waals surface area contributed by atoms with Crippen LogP contribution in [-0.2, 0) is 9.59 Å². The SMILES string of the molecule is CC(C)=CC(=O)NC1CCN(c2ccccc2OC(F)F)C1=O. The fourth-order valence-corrected chi connectivity index (χ4v) is 2.40. The summed E-state index contributed by atoms with van der Waals surface area (Å²) in [6.45, 7) is 0.907. The molecule has 0 saturated carbocycles. The second kappa shape index (κ2) is 7.21. The van der Waals surface area contributed by atoms with Crippen LogP contribution in [0, 0.1) is 0 Å². The highest BCUT2D eigenvalue weighted by Gasteiger charge is 2.34. The normalized spacial score (nSPS) is 17.3. The van der Waals surface area contributed by atoms with Crippen molar-refractivity contribution >= 4 is 17.5 Å². The van der Waals surface area contributed by atoms with Crippen LogP contribution in [0.4, 0.5) is 14.5 Å². The van der Waals surface area contributed by atoms with E-state index in [4.69, 9.17) is 0 Å². The zero-order valence-electron chi connectivity index (χ0n) is 12.9. The van der Waals surface area contributed by atoms with E-state index in [0.717, 1.165) is 5.57 Å². The molecule has 5 nitrogen and oxygen atoms in total. The maximum atomic E-state index is 12.5. The molecule has 124 valence electrons. The van der Waals surface area contributed by atoms with E-state index in [1.165, 1.54) is 23.1 Å². The number of nitrogens with zero attached hydrogens (tertiary/aromatic N) is 1. The maximum absolute atomic E-state index is 12.5. The van der Waals surface area contributed by atoms with Crippen molar-refractivity contribution in [2.75, 3.05) is 11.4 Å². The van der Waals surface area contributed by atoms with Crippen LogP contribution in [0.3, 0.4) is 0 Å². The topological polar surface area (TPSA) is 58.6 Å². The number of anilines is 1. The molecule has 0 radical (unpaired) electrons. The molecule has 1 atom stereocenters. The molecule has 0 aromatic heterocycles. The van der Waals surface area contributed by atoms with Crippen molar-refractivity contribution in [1.29, 1.82) is 0 Å². The van der Waals surface area contributed by atoms with Gasteiger partial charge in [-0.3, -0.25) is 9.59 Å². The number of carbonyl (C=O) groups excluding carboxylic acids is 2. The van der Waals surface area contributed by atoms with Gasteiger partial charge < -0.3 is 15.0 Å². The van der Waals surface area contributed by atoms with Crippen LogP contribution >= 0.6 is 0 Å². The quantitative estimate of drug-likeness (QED) is 0.847. The van der Waals surface area contributed by atoms with Gasteiger partial charge in [-0.25, -0.2) is 0 Å². The average molecular weight is 324 g/mol. The molecule has 0 bridgehead atoms. The number of hydrogen-bond acceptors (Lipinski definition) is 3. The van der Waals surface area contributed by atoms with E-state index in [-0.39, 0.29) is 23.3 Å². The lowest BCUT2D eigenvalue weighted by Gasteiger charge is -2.20. The molecule has 1 aliphatic rings. The van der Waals surface area contributed by atoms with E-state index in [1.54, 1.807) is 26.0 Å². The van der Waals surface area contributed by atoms with Gasteiger partial charge in [0, 0.05) is 12.6 Å². The highest BCUT2D eigenvalue weighted by atomic mass is 19.3. The van der Waals surface area contributed by atoms with Crippen LogP contribution in [-0.4, -0.2) is 31.0 Å². The zero-order chi connectivity index (χ0) is 17.0. The summed E-state index contributed by atoms with van der Waals surface area (Å²) < 4.78 is 29.4. The number of amides is 2. The molecule has 0 aliphatic carbocycles. The zero-order valence-corrected chi connectivity index (χ0v) is 12.9. The number of hydrogen-bond donors (Lipinski definition) is 1. The van der Waals surface area contributed by atoms with E-state index in [1.807, 2.05) is 0 Å². The summed E-state index contributed by atoms with van der Waals surface area (Å²) in [5.74, 6) is -0.750. The fraction of sp³-hybridized carbons (Fsp3) is 0.375. The van der Waals surface area contributed by atoms with Gasteiger partial charge >= 0.3 is 6.61 Å². The Morgan fingerprint density at radius 1 is 1.39 bits per heavy atom. The van der Waals surface area contributed by atoms with Crippen molar-refractivity contribution in [2.24, 2.45) is 0 Å². The highest BCUT2D eigenvalue weighted by Crippen LogP contribution is 2.32. The van der Waals surface area contributed by atoms with Crippen LogP contribution in [0.15, 0.2) is 35.9 Å². The second-order valence-electron chi connectivity index (χ2n) is 5.41. The third-order valence-electron chi connectivity index (χ3n) is 3.31. The van der Waals surface area contributed by atoms with Crippen molar-refractivity contribution in [3.63, 3.8) is 0 Å². The Balaban J connectivity index is 2.13. The van der Waals surface area contributed by atoms with E-state index in [9.17, 15) is 18.4 Å². The van der Waals surface area contributed by atoms with Crippen molar-refractivity contribution in [3.8, 4) is 5.75 Å². The molecule has 23 heavy (non-hydrogen) atoms. The molecule has 1 aliphatic heterocycles. The fourth-order valence-electron chi connectivity index (χ4n) is 2.40. The number of allylic oxidation sites excluding steroid dienone is 1. The first-order chi connectivity index (χ1) is 10.9. The van der Waals surface area contributed by atoms with Crippen molar-refractivity contribution in [3.05, 3.63) is 35.9 Å². The molecular formula is C16H18F2N2O3. The Kier molecular flexibility index (Phi) is 5.31. The Hall–Kier alpha value is -2.44. The first-order valence-electron chi connectivity index (χ1n) is 7.19. The molecule has 1 unspecified atom stereocenters. The predicted molar refractivity (Wildman–Crippen MR) is 81.4 cm³/mol. The second-order valence-corrected chi connectivity index (χ2v) is 5.41. The van der Waals surface area contributed by atoms with Crippen LogP contribution in [0.25, 0.3) is 0 Å². The van der Waals surface area contributed by atoms with Crippen LogP contribution in [0.5, 0.6) is 5.75 Å². The van der Waals surface area contributed by atoms with Crippen molar-refractivity contribution < 1.29 is 23.1 Å². The lowest BCUT2D eigenvalue weighted by Crippen LogP contribution is -2.41. The first kappa shape index (κ1) is 16.9. The van der Waals surface area contributed by atoms with Gasteiger partial charge in [0.25, 0.3) is 0 Å². The molecule has 1 aromatic rings. The number of rotatable bonds is 5. The number of para-hydroxylation sites is 2. The molecule has 1 fully saturated rings. The smallest absolute Gasteiger partial charge is 0.387 e. The van der Waals surface area contributed by atoms with Crippen LogP contribution < -0.4 is 15.0 Å². The van der Waals surface area contributed by atoms with Gasteiger partial charge in [-0.15, -0.1) is 0 Å². The number of ether oxygens (including phenoxy) is 1. The maximum Gasteiger partial charge on any atom is 0.387 e. The Morgan fingerprint density at radius 3 is 2.74 bits per heavy atom. The molecule has 1 N–H and O–H groups in total. The van der Waals surface area contributed by atoms with Crippen LogP contribution in [0.2, 0.25) is 0 Å². The molecule has 2 rings (SSSR count). The number of halogens is 2. The summed E-state index contributed by atoms with van der Waals surface area (Å²) in [6, 6.07) is 5.43. The monoisotopic (exact) mass is 324 g/mol. The van der Waals surface area contributed by atoms with Gasteiger partial charge in [0.1, 0.15) is 11.8 Å². The Bertz CT molecular complexity index is 628. The average Bonchev–Trinajstić information content (AvgIpc) is 2.79.